The fraction of sp³-hybridized carbons (Fsp3) is 0.667. The molecule has 42 heavy (non-hydrogen) atoms. The minimum Gasteiger partial charge on any atom is -0.381 e. The summed E-state index contributed by atoms with van der Waals surface area (Å²) in [5.41, 5.74) is 1.70. The van der Waals surface area contributed by atoms with E-state index in [-0.39, 0.29) is 22.2 Å². The molecule has 5 aliphatic rings. The quantitative estimate of drug-likeness (QED) is 0.292. The number of carbonyl (C=O) groups excluding carboxylic acids is 1. The van der Waals surface area contributed by atoms with Crippen molar-refractivity contribution >= 4 is 11.6 Å². The minimum atomic E-state index is -0.157. The topological polar surface area (TPSA) is 107 Å². The lowest BCUT2D eigenvalue weighted by Crippen LogP contribution is -2.51. The molecule has 5 fully saturated rings. The molecule has 9 heteroatoms. The lowest BCUT2D eigenvalue weighted by atomic mass is 9.53. The molecule has 0 atom stereocenters. The molecular formula is C33H43N5O4. The van der Waals surface area contributed by atoms with Crippen LogP contribution < -0.4 is 4.90 Å². The zero-order valence-corrected chi connectivity index (χ0v) is 25.2. The molecule has 8 rings (SSSR count). The molecule has 0 unspecified atom stereocenters. The zero-order chi connectivity index (χ0) is 29.0. The van der Waals surface area contributed by atoms with Crippen molar-refractivity contribution in [3.8, 4) is 11.5 Å². The molecule has 0 spiro atoms. The van der Waals surface area contributed by atoms with E-state index in [0.717, 1.165) is 107 Å². The van der Waals surface area contributed by atoms with Crippen LogP contribution in [0.15, 0.2) is 33.3 Å². The molecule has 4 aliphatic carbocycles. The number of rotatable bonds is 8. The smallest absolute Gasteiger partial charge is 0.258 e. The van der Waals surface area contributed by atoms with E-state index in [4.69, 9.17) is 18.8 Å². The summed E-state index contributed by atoms with van der Waals surface area (Å²) < 4.78 is 16.9. The van der Waals surface area contributed by atoms with Gasteiger partial charge < -0.3 is 18.7 Å². The second-order valence-corrected chi connectivity index (χ2v) is 14.5. The van der Waals surface area contributed by atoms with E-state index < -0.39 is 0 Å². The molecule has 9 nitrogen and oxygen atoms in total. The average Bonchev–Trinajstić information content (AvgIpc) is 3.49. The van der Waals surface area contributed by atoms with Crippen molar-refractivity contribution in [2.75, 3.05) is 24.7 Å². The predicted molar refractivity (Wildman–Crippen MR) is 157 cm³/mol. The van der Waals surface area contributed by atoms with Crippen LogP contribution in [0.5, 0.6) is 0 Å². The van der Waals surface area contributed by atoms with Crippen molar-refractivity contribution in [3.63, 3.8) is 0 Å². The number of hydrogen-bond acceptors (Lipinski definition) is 8. The zero-order valence-electron chi connectivity index (χ0n) is 25.2. The molecule has 224 valence electrons. The molecule has 3 aromatic rings. The van der Waals surface area contributed by atoms with Crippen molar-refractivity contribution in [3.05, 3.63) is 41.8 Å². The van der Waals surface area contributed by atoms with Gasteiger partial charge in [-0.05, 0) is 93.7 Å². The van der Waals surface area contributed by atoms with E-state index in [1.165, 1.54) is 0 Å². The van der Waals surface area contributed by atoms with Gasteiger partial charge >= 0.3 is 0 Å². The summed E-state index contributed by atoms with van der Waals surface area (Å²) in [5.74, 6) is 3.92. The van der Waals surface area contributed by atoms with Gasteiger partial charge in [-0.2, -0.15) is 9.97 Å². The van der Waals surface area contributed by atoms with E-state index in [0.29, 0.717) is 30.0 Å². The van der Waals surface area contributed by atoms with Gasteiger partial charge in [-0.1, -0.05) is 37.2 Å². The van der Waals surface area contributed by atoms with Gasteiger partial charge in [-0.3, -0.25) is 4.79 Å². The SMILES string of the molecule is CC(C)(C)c1nc(C23CCC(CN(C(=O)CC4CCOCC4)c4cccc(-c5nc(C6CC6)no5)c4)(CC2)CC3)no1. The second-order valence-electron chi connectivity index (χ2n) is 14.5. The van der Waals surface area contributed by atoms with Gasteiger partial charge in [0.25, 0.3) is 5.89 Å². The van der Waals surface area contributed by atoms with Crippen LogP contribution in [0.25, 0.3) is 11.5 Å². The standard InChI is InChI=1S/C33H43N5O4/c1-31(2,3)30-35-29(37-42-30)33-14-11-32(12-15-33,13-16-33)21-38(26(39)19-22-9-17-40-18-10-22)25-6-4-5-24(20-25)28-34-27(36-41-28)23-7-8-23/h4-6,20,22-23H,7-19,21H2,1-3H3. The van der Waals surface area contributed by atoms with Crippen LogP contribution in [-0.2, 0) is 20.4 Å². The van der Waals surface area contributed by atoms with Crippen LogP contribution >= 0.6 is 0 Å². The fourth-order valence-electron chi connectivity index (χ4n) is 7.21. The van der Waals surface area contributed by atoms with Gasteiger partial charge in [0.05, 0.1) is 0 Å². The number of nitrogens with zero attached hydrogens (tertiary/aromatic N) is 5. The lowest BCUT2D eigenvalue weighted by molar-refractivity contribution is -0.120. The van der Waals surface area contributed by atoms with Gasteiger partial charge in [0.15, 0.2) is 11.6 Å². The predicted octanol–water partition coefficient (Wildman–Crippen LogP) is 6.74. The normalized spacial score (nSPS) is 26.5. The van der Waals surface area contributed by atoms with Gasteiger partial charge in [0.2, 0.25) is 11.8 Å². The Kier molecular flexibility index (Phi) is 6.99. The minimum absolute atomic E-state index is 0.0111. The Hall–Kier alpha value is -3.07. The summed E-state index contributed by atoms with van der Waals surface area (Å²) in [4.78, 5) is 25.7. The number of hydrogen-bond donors (Lipinski definition) is 0. The van der Waals surface area contributed by atoms with E-state index >= 15 is 0 Å². The highest BCUT2D eigenvalue weighted by atomic mass is 16.5. The Balaban J connectivity index is 1.13. The second kappa shape index (κ2) is 10.6. The van der Waals surface area contributed by atoms with Crippen molar-refractivity contribution in [2.45, 2.75) is 108 Å². The van der Waals surface area contributed by atoms with Crippen LogP contribution in [0.4, 0.5) is 5.69 Å². The van der Waals surface area contributed by atoms with Crippen LogP contribution in [-0.4, -0.2) is 45.9 Å². The van der Waals surface area contributed by atoms with Gasteiger partial charge in [-0.25, -0.2) is 0 Å². The average molecular weight is 574 g/mol. The fourth-order valence-corrected chi connectivity index (χ4v) is 7.21. The van der Waals surface area contributed by atoms with E-state index in [1.54, 1.807) is 0 Å². The molecule has 2 bridgehead atoms. The Morgan fingerprint density at radius 3 is 2.36 bits per heavy atom. The highest BCUT2D eigenvalue weighted by Gasteiger charge is 2.52. The molecule has 0 radical (unpaired) electrons. The van der Waals surface area contributed by atoms with Crippen molar-refractivity contribution in [1.82, 2.24) is 20.3 Å². The van der Waals surface area contributed by atoms with Crippen LogP contribution in [0.3, 0.4) is 0 Å². The monoisotopic (exact) mass is 573 g/mol. The third kappa shape index (κ3) is 5.40. The first kappa shape index (κ1) is 27.7. The molecule has 2 aromatic heterocycles. The molecular weight excluding hydrogens is 530 g/mol. The maximum Gasteiger partial charge on any atom is 0.258 e. The lowest BCUT2D eigenvalue weighted by Gasteiger charge is -2.53. The maximum atomic E-state index is 14.1. The summed E-state index contributed by atoms with van der Waals surface area (Å²) in [6.07, 6.45) is 11.0. The summed E-state index contributed by atoms with van der Waals surface area (Å²) in [6.45, 7) is 8.55. The third-order valence-electron chi connectivity index (χ3n) is 10.3. The highest BCUT2D eigenvalue weighted by molar-refractivity contribution is 5.94. The molecule has 3 heterocycles. The maximum absolute atomic E-state index is 14.1. The largest absolute Gasteiger partial charge is 0.381 e. The third-order valence-corrected chi connectivity index (χ3v) is 10.3. The van der Waals surface area contributed by atoms with E-state index in [2.05, 4.69) is 53.1 Å². The van der Waals surface area contributed by atoms with Crippen molar-refractivity contribution in [2.24, 2.45) is 11.3 Å². The number of amides is 1. The van der Waals surface area contributed by atoms with Gasteiger partial charge in [0.1, 0.15) is 0 Å². The Morgan fingerprint density at radius 2 is 1.69 bits per heavy atom. The first-order chi connectivity index (χ1) is 20.2. The molecule has 1 aliphatic heterocycles. The number of aromatic nitrogens is 4. The first-order valence-corrected chi connectivity index (χ1v) is 15.9. The van der Waals surface area contributed by atoms with Gasteiger partial charge in [-0.15, -0.1) is 0 Å². The Bertz CT molecular complexity index is 1400. The summed E-state index contributed by atoms with van der Waals surface area (Å²) in [6, 6.07) is 8.13. The summed E-state index contributed by atoms with van der Waals surface area (Å²) >= 11 is 0. The molecule has 0 N–H and O–H groups in total. The van der Waals surface area contributed by atoms with Crippen LogP contribution in [0.1, 0.15) is 115 Å². The highest BCUT2D eigenvalue weighted by Crippen LogP contribution is 2.57. The van der Waals surface area contributed by atoms with Crippen LogP contribution in [0, 0.1) is 11.3 Å². The number of anilines is 1. The molecule has 4 saturated carbocycles. The van der Waals surface area contributed by atoms with Crippen molar-refractivity contribution < 1.29 is 18.6 Å². The summed E-state index contributed by atoms with van der Waals surface area (Å²) in [7, 11) is 0. The van der Waals surface area contributed by atoms with Crippen molar-refractivity contribution in [1.29, 1.82) is 0 Å². The Morgan fingerprint density at radius 1 is 0.952 bits per heavy atom. The molecule has 1 amide bonds. The summed E-state index contributed by atoms with van der Waals surface area (Å²) in [5, 5.41) is 8.69. The first-order valence-electron chi connectivity index (χ1n) is 15.9. The number of ether oxygens (including phenoxy) is 1. The van der Waals surface area contributed by atoms with E-state index in [1.807, 2.05) is 12.1 Å². The number of carbonyl (C=O) groups is 1. The van der Waals surface area contributed by atoms with Gasteiger partial charge in [0, 0.05) is 54.2 Å². The number of benzene rings is 1. The van der Waals surface area contributed by atoms with Crippen LogP contribution in [0.2, 0.25) is 0 Å². The molecule has 1 aromatic carbocycles. The number of fused-ring (bicyclic) bond motifs is 3. The van der Waals surface area contributed by atoms with E-state index in [9.17, 15) is 4.79 Å². The Labute approximate surface area is 247 Å². The molecule has 1 saturated heterocycles.